The van der Waals surface area contributed by atoms with Crippen LogP contribution in [0.4, 0.5) is 15.9 Å². The molecule has 0 saturated carbocycles. The quantitative estimate of drug-likeness (QED) is 0.860. The van der Waals surface area contributed by atoms with Gasteiger partial charge in [-0.3, -0.25) is 9.62 Å². The molecule has 0 radical (unpaired) electrons. The number of halogens is 1. The SMILES string of the molecule is CCN(C1=Nc2ccc(F)cc2SN1)c1ccccn1. The van der Waals surface area contributed by atoms with Crippen molar-refractivity contribution in [1.82, 2.24) is 9.71 Å². The molecule has 0 spiro atoms. The largest absolute Gasteiger partial charge is 0.296 e. The highest BCUT2D eigenvalue weighted by Gasteiger charge is 2.19. The predicted octanol–water partition coefficient (Wildman–Crippen LogP) is 3.35. The summed E-state index contributed by atoms with van der Waals surface area (Å²) in [6.45, 7) is 2.77. The number of pyridine rings is 1. The number of hydrogen-bond donors (Lipinski definition) is 1. The molecular formula is C14H13FN4S. The summed E-state index contributed by atoms with van der Waals surface area (Å²) in [4.78, 5) is 11.6. The zero-order valence-corrected chi connectivity index (χ0v) is 11.7. The zero-order chi connectivity index (χ0) is 13.9. The van der Waals surface area contributed by atoms with Crippen molar-refractivity contribution in [2.24, 2.45) is 4.99 Å². The predicted molar refractivity (Wildman–Crippen MR) is 79.7 cm³/mol. The van der Waals surface area contributed by atoms with Crippen molar-refractivity contribution in [1.29, 1.82) is 0 Å². The third kappa shape index (κ3) is 2.46. The molecule has 1 aromatic carbocycles. The third-order valence-corrected chi connectivity index (χ3v) is 3.73. The molecule has 0 saturated heterocycles. The molecule has 2 aromatic rings. The molecule has 0 amide bonds. The average molecular weight is 288 g/mol. The van der Waals surface area contributed by atoms with Crippen molar-refractivity contribution in [3.63, 3.8) is 0 Å². The van der Waals surface area contributed by atoms with Crippen LogP contribution < -0.4 is 9.62 Å². The number of guanidine groups is 1. The molecule has 20 heavy (non-hydrogen) atoms. The number of aromatic nitrogens is 1. The van der Waals surface area contributed by atoms with Gasteiger partial charge in [-0.2, -0.15) is 0 Å². The van der Waals surface area contributed by atoms with Gasteiger partial charge in [0.25, 0.3) is 0 Å². The van der Waals surface area contributed by atoms with E-state index in [9.17, 15) is 4.39 Å². The van der Waals surface area contributed by atoms with E-state index in [1.165, 1.54) is 24.1 Å². The summed E-state index contributed by atoms with van der Waals surface area (Å²) in [7, 11) is 0. The first kappa shape index (κ1) is 12.9. The summed E-state index contributed by atoms with van der Waals surface area (Å²) < 4.78 is 16.3. The fourth-order valence-electron chi connectivity index (χ4n) is 1.95. The molecule has 0 aliphatic carbocycles. The van der Waals surface area contributed by atoms with E-state index < -0.39 is 0 Å². The Bertz CT molecular complexity index is 645. The number of benzene rings is 1. The molecule has 0 atom stereocenters. The van der Waals surface area contributed by atoms with Gasteiger partial charge in [0.05, 0.1) is 10.6 Å². The lowest BCUT2D eigenvalue weighted by molar-refractivity contribution is 0.624. The van der Waals surface area contributed by atoms with E-state index in [-0.39, 0.29) is 5.82 Å². The first-order chi connectivity index (χ1) is 9.78. The standard InChI is InChI=1S/C14H13FN4S/c1-2-19(13-5-3-4-8-16-13)14-17-11-7-6-10(15)9-12(11)20-18-14/h3-9H,2H2,1H3,(H,17,18). The molecule has 2 heterocycles. The van der Waals surface area contributed by atoms with Gasteiger partial charge in [0.15, 0.2) is 0 Å². The Balaban J connectivity index is 1.96. The van der Waals surface area contributed by atoms with Gasteiger partial charge in [-0.25, -0.2) is 14.4 Å². The Morgan fingerprint density at radius 2 is 2.20 bits per heavy atom. The maximum atomic E-state index is 13.2. The topological polar surface area (TPSA) is 40.5 Å². The average Bonchev–Trinajstić information content (AvgIpc) is 2.49. The van der Waals surface area contributed by atoms with Crippen LogP contribution in [0.3, 0.4) is 0 Å². The molecular weight excluding hydrogens is 275 g/mol. The molecule has 6 heteroatoms. The number of aliphatic imine (C=N–C) groups is 1. The van der Waals surface area contributed by atoms with Crippen LogP contribution in [0.25, 0.3) is 0 Å². The van der Waals surface area contributed by atoms with Crippen molar-refractivity contribution in [3.8, 4) is 0 Å². The monoisotopic (exact) mass is 288 g/mol. The van der Waals surface area contributed by atoms with E-state index in [0.29, 0.717) is 5.96 Å². The molecule has 1 aromatic heterocycles. The molecule has 0 bridgehead atoms. The van der Waals surface area contributed by atoms with Gasteiger partial charge in [-0.1, -0.05) is 6.07 Å². The number of hydrogen-bond acceptors (Lipinski definition) is 5. The van der Waals surface area contributed by atoms with Crippen molar-refractivity contribution in [3.05, 3.63) is 48.4 Å². The summed E-state index contributed by atoms with van der Waals surface area (Å²) in [6, 6.07) is 10.3. The van der Waals surface area contributed by atoms with E-state index >= 15 is 0 Å². The Hall–Kier alpha value is -2.08. The fourth-order valence-corrected chi connectivity index (χ4v) is 2.70. The van der Waals surface area contributed by atoms with Gasteiger partial charge < -0.3 is 0 Å². The Morgan fingerprint density at radius 3 is 2.95 bits per heavy atom. The minimum atomic E-state index is -0.256. The molecule has 3 rings (SSSR count). The number of anilines is 1. The van der Waals surface area contributed by atoms with Gasteiger partial charge in [0.1, 0.15) is 11.6 Å². The van der Waals surface area contributed by atoms with Gasteiger partial charge in [0.2, 0.25) is 5.96 Å². The van der Waals surface area contributed by atoms with Gasteiger partial charge in [0, 0.05) is 12.7 Å². The van der Waals surface area contributed by atoms with E-state index in [0.717, 1.165) is 22.9 Å². The Labute approximate surface area is 120 Å². The lowest BCUT2D eigenvalue weighted by Crippen LogP contribution is -2.39. The lowest BCUT2D eigenvalue weighted by atomic mass is 10.3. The second kappa shape index (κ2) is 5.50. The van der Waals surface area contributed by atoms with Crippen molar-refractivity contribution < 1.29 is 4.39 Å². The van der Waals surface area contributed by atoms with Gasteiger partial charge >= 0.3 is 0 Å². The number of nitrogens with one attached hydrogen (secondary N) is 1. The second-order valence-electron chi connectivity index (χ2n) is 4.18. The fraction of sp³-hybridized carbons (Fsp3) is 0.143. The van der Waals surface area contributed by atoms with Crippen molar-refractivity contribution in [2.45, 2.75) is 11.8 Å². The maximum absolute atomic E-state index is 13.2. The highest BCUT2D eigenvalue weighted by molar-refractivity contribution is 7.98. The number of fused-ring (bicyclic) bond motifs is 1. The summed E-state index contributed by atoms with van der Waals surface area (Å²) >= 11 is 1.36. The normalized spacial score (nSPS) is 13.2. The zero-order valence-electron chi connectivity index (χ0n) is 10.9. The van der Waals surface area contributed by atoms with Gasteiger partial charge in [-0.05, 0) is 49.2 Å². The molecule has 4 nitrogen and oxygen atoms in total. The Kier molecular flexibility index (Phi) is 3.56. The molecule has 1 N–H and O–H groups in total. The van der Waals surface area contributed by atoms with Crippen LogP contribution in [0.2, 0.25) is 0 Å². The lowest BCUT2D eigenvalue weighted by Gasteiger charge is -2.26. The number of nitrogens with zero attached hydrogens (tertiary/aromatic N) is 3. The van der Waals surface area contributed by atoms with E-state index in [1.54, 1.807) is 12.3 Å². The molecule has 0 fully saturated rings. The second-order valence-corrected chi connectivity index (χ2v) is 5.03. The minimum Gasteiger partial charge on any atom is -0.296 e. The molecule has 0 unspecified atom stereocenters. The maximum Gasteiger partial charge on any atom is 0.215 e. The van der Waals surface area contributed by atoms with Crippen LogP contribution in [-0.4, -0.2) is 17.5 Å². The third-order valence-electron chi connectivity index (χ3n) is 2.90. The highest BCUT2D eigenvalue weighted by Crippen LogP contribution is 2.32. The summed E-state index contributed by atoms with van der Waals surface area (Å²) in [5, 5.41) is 0. The number of rotatable bonds is 2. The van der Waals surface area contributed by atoms with Crippen LogP contribution in [0.15, 0.2) is 52.5 Å². The van der Waals surface area contributed by atoms with E-state index in [1.807, 2.05) is 30.0 Å². The van der Waals surface area contributed by atoms with Crippen LogP contribution in [-0.2, 0) is 0 Å². The molecule has 1 aliphatic heterocycles. The first-order valence-electron chi connectivity index (χ1n) is 6.27. The summed E-state index contributed by atoms with van der Waals surface area (Å²) in [5.41, 5.74) is 0.763. The first-order valence-corrected chi connectivity index (χ1v) is 7.09. The van der Waals surface area contributed by atoms with Crippen molar-refractivity contribution >= 4 is 29.4 Å². The van der Waals surface area contributed by atoms with Crippen LogP contribution in [0.1, 0.15) is 6.92 Å². The van der Waals surface area contributed by atoms with Crippen LogP contribution in [0, 0.1) is 5.82 Å². The molecule has 102 valence electrons. The molecule has 1 aliphatic rings. The van der Waals surface area contributed by atoms with Crippen LogP contribution >= 0.6 is 11.9 Å². The Morgan fingerprint density at radius 1 is 1.30 bits per heavy atom. The highest BCUT2D eigenvalue weighted by atomic mass is 32.2. The smallest absolute Gasteiger partial charge is 0.215 e. The van der Waals surface area contributed by atoms with Crippen LogP contribution in [0.5, 0.6) is 0 Å². The van der Waals surface area contributed by atoms with E-state index in [4.69, 9.17) is 0 Å². The minimum absolute atomic E-state index is 0.256. The van der Waals surface area contributed by atoms with Gasteiger partial charge in [-0.15, -0.1) is 0 Å². The van der Waals surface area contributed by atoms with Crippen molar-refractivity contribution in [2.75, 3.05) is 11.4 Å². The summed E-state index contributed by atoms with van der Waals surface area (Å²) in [6.07, 6.45) is 1.75. The van der Waals surface area contributed by atoms with E-state index in [2.05, 4.69) is 14.7 Å². The summed E-state index contributed by atoms with van der Waals surface area (Å²) in [5.74, 6) is 1.27.